The molecule has 1 saturated carbocycles. The Morgan fingerprint density at radius 2 is 1.16 bits per heavy atom. The van der Waals surface area contributed by atoms with Gasteiger partial charge in [-0.3, -0.25) is 19.2 Å². The fourth-order valence-corrected chi connectivity index (χ4v) is 8.48. The van der Waals surface area contributed by atoms with Gasteiger partial charge in [-0.25, -0.2) is 19.9 Å². The Labute approximate surface area is 318 Å². The van der Waals surface area contributed by atoms with Crippen LogP contribution in [0.4, 0.5) is 11.6 Å². The summed E-state index contributed by atoms with van der Waals surface area (Å²) in [6, 6.07) is 12.0. The molecule has 4 amide bonds. The average molecular weight is 745 g/mol. The SMILES string of the molecule is O=C(NC1Cc2cccc(-c3cccc4c3CC(NC(=O)c3nccnc3NC(=O)C3(O)CCCCC3)C4)c2C1)c1nccnc1NC(=O)C1CCOCC1. The van der Waals surface area contributed by atoms with Crippen LogP contribution in [0.5, 0.6) is 0 Å². The van der Waals surface area contributed by atoms with Crippen molar-refractivity contribution in [1.29, 1.82) is 0 Å². The average Bonchev–Trinajstić information content (AvgIpc) is 3.82. The lowest BCUT2D eigenvalue weighted by Gasteiger charge is -2.30. The lowest BCUT2D eigenvalue weighted by atomic mass is 9.84. The number of nitrogens with one attached hydrogen (secondary N) is 4. The summed E-state index contributed by atoms with van der Waals surface area (Å²) in [4.78, 5) is 70.1. The van der Waals surface area contributed by atoms with E-state index >= 15 is 0 Å². The van der Waals surface area contributed by atoms with E-state index in [2.05, 4.69) is 65.5 Å². The van der Waals surface area contributed by atoms with Crippen LogP contribution < -0.4 is 21.3 Å². The Kier molecular flexibility index (Phi) is 10.3. The van der Waals surface area contributed by atoms with Crippen molar-refractivity contribution in [2.24, 2.45) is 5.92 Å². The number of nitrogens with zero attached hydrogens (tertiary/aromatic N) is 4. The molecule has 55 heavy (non-hydrogen) atoms. The molecule has 4 aromatic rings. The van der Waals surface area contributed by atoms with E-state index in [4.69, 9.17) is 4.74 Å². The van der Waals surface area contributed by atoms with Crippen molar-refractivity contribution in [3.8, 4) is 11.1 Å². The standard InChI is InChI=1S/C41H44N8O6/c50-37(24-10-18-55-19-11-24)48-35-33(42-14-16-44-35)38(51)46-27-20-25-6-4-8-29(31(25)22-27)30-9-5-7-26-21-28(23-32(26)30)47-39(52)34-36(45-17-15-43-34)49-40(53)41(54)12-2-1-3-13-41/h4-9,14-17,24,27-28,54H,1-3,10-13,18-23H2,(H,46,51)(H,47,52)(H,44,48,50)(H,45,49,53). The van der Waals surface area contributed by atoms with Gasteiger partial charge in [0.05, 0.1) is 0 Å². The molecule has 2 aromatic carbocycles. The first-order valence-corrected chi connectivity index (χ1v) is 19.1. The summed E-state index contributed by atoms with van der Waals surface area (Å²) >= 11 is 0. The molecular weight excluding hydrogens is 701 g/mol. The smallest absolute Gasteiger partial charge is 0.273 e. The van der Waals surface area contributed by atoms with Crippen LogP contribution in [0.15, 0.2) is 61.2 Å². The van der Waals surface area contributed by atoms with E-state index in [-0.39, 0.29) is 46.9 Å². The van der Waals surface area contributed by atoms with Crippen molar-refractivity contribution in [1.82, 2.24) is 30.6 Å². The summed E-state index contributed by atoms with van der Waals surface area (Å²) < 4.78 is 5.38. The number of carbonyl (C=O) groups excluding carboxylic acids is 4. The van der Waals surface area contributed by atoms with Crippen LogP contribution in [0.3, 0.4) is 0 Å². The molecule has 3 heterocycles. The zero-order valence-corrected chi connectivity index (χ0v) is 30.5. The predicted molar refractivity (Wildman–Crippen MR) is 202 cm³/mol. The Morgan fingerprint density at radius 3 is 1.71 bits per heavy atom. The lowest BCUT2D eigenvalue weighted by Crippen LogP contribution is -2.45. The molecule has 5 N–H and O–H groups in total. The van der Waals surface area contributed by atoms with Gasteiger partial charge in [0.2, 0.25) is 5.91 Å². The van der Waals surface area contributed by atoms with E-state index in [1.165, 1.54) is 24.8 Å². The first-order valence-electron chi connectivity index (χ1n) is 19.1. The molecular formula is C41H44N8O6. The van der Waals surface area contributed by atoms with Crippen LogP contribution >= 0.6 is 0 Å². The molecule has 14 heteroatoms. The fraction of sp³-hybridized carbons (Fsp3) is 0.415. The van der Waals surface area contributed by atoms with E-state index in [1.807, 2.05) is 12.1 Å². The first-order chi connectivity index (χ1) is 26.8. The monoisotopic (exact) mass is 744 g/mol. The summed E-state index contributed by atoms with van der Waals surface area (Å²) in [6.45, 7) is 1.05. The minimum Gasteiger partial charge on any atom is -0.381 e. The quantitative estimate of drug-likeness (QED) is 0.168. The highest BCUT2D eigenvalue weighted by atomic mass is 16.5. The highest BCUT2D eigenvalue weighted by Gasteiger charge is 2.38. The van der Waals surface area contributed by atoms with Gasteiger partial charge < -0.3 is 31.1 Å². The van der Waals surface area contributed by atoms with Gasteiger partial charge in [-0.15, -0.1) is 0 Å². The third-order valence-corrected chi connectivity index (χ3v) is 11.3. The van der Waals surface area contributed by atoms with Gasteiger partial charge in [0.15, 0.2) is 23.0 Å². The molecule has 3 aliphatic carbocycles. The van der Waals surface area contributed by atoms with Crippen LogP contribution in [0.1, 0.15) is 88.2 Å². The zero-order valence-electron chi connectivity index (χ0n) is 30.5. The van der Waals surface area contributed by atoms with Crippen LogP contribution in [0, 0.1) is 5.92 Å². The molecule has 2 atom stereocenters. The summed E-state index contributed by atoms with van der Waals surface area (Å²) in [5.74, 6) is -1.64. The number of amides is 4. The van der Waals surface area contributed by atoms with Crippen molar-refractivity contribution >= 4 is 35.3 Å². The molecule has 2 aromatic heterocycles. The summed E-state index contributed by atoms with van der Waals surface area (Å²) in [6.07, 6.45) is 12.6. The number of anilines is 2. The molecule has 0 spiro atoms. The number of carbonyl (C=O) groups is 4. The number of fused-ring (bicyclic) bond motifs is 2. The van der Waals surface area contributed by atoms with Crippen LogP contribution in [0.25, 0.3) is 11.1 Å². The Hall–Kier alpha value is -5.60. The second-order valence-electron chi connectivity index (χ2n) is 15.0. The predicted octanol–water partition coefficient (Wildman–Crippen LogP) is 3.73. The van der Waals surface area contributed by atoms with Gasteiger partial charge in [-0.2, -0.15) is 0 Å². The van der Waals surface area contributed by atoms with Crippen molar-refractivity contribution in [2.75, 3.05) is 23.8 Å². The number of aliphatic hydroxyl groups is 1. The molecule has 0 bridgehead atoms. The lowest BCUT2D eigenvalue weighted by molar-refractivity contribution is -0.137. The topological polar surface area (TPSA) is 197 Å². The molecule has 8 rings (SSSR count). The summed E-state index contributed by atoms with van der Waals surface area (Å²) in [7, 11) is 0. The van der Waals surface area contributed by atoms with Crippen molar-refractivity contribution < 1.29 is 29.0 Å². The second-order valence-corrected chi connectivity index (χ2v) is 15.0. The van der Waals surface area contributed by atoms with Gasteiger partial charge in [0, 0.05) is 56.0 Å². The van der Waals surface area contributed by atoms with Gasteiger partial charge in [-0.1, -0.05) is 55.7 Å². The highest BCUT2D eigenvalue weighted by Crippen LogP contribution is 2.38. The van der Waals surface area contributed by atoms with Crippen molar-refractivity contribution in [3.63, 3.8) is 0 Å². The molecule has 2 fully saturated rings. The number of ether oxygens (including phenoxy) is 1. The molecule has 1 saturated heterocycles. The second kappa shape index (κ2) is 15.6. The number of hydrogen-bond donors (Lipinski definition) is 5. The molecule has 0 radical (unpaired) electrons. The van der Waals surface area contributed by atoms with Gasteiger partial charge in [0.1, 0.15) is 5.60 Å². The number of aromatic nitrogens is 4. The van der Waals surface area contributed by atoms with Crippen molar-refractivity contribution in [3.05, 3.63) is 94.8 Å². The number of rotatable bonds is 9. The third-order valence-electron chi connectivity index (χ3n) is 11.3. The van der Waals surface area contributed by atoms with E-state index in [1.54, 1.807) is 0 Å². The van der Waals surface area contributed by atoms with Crippen molar-refractivity contribution in [2.45, 2.75) is 88.3 Å². The number of hydrogen-bond acceptors (Lipinski definition) is 10. The molecule has 1 aliphatic heterocycles. The Balaban J connectivity index is 0.938. The van der Waals surface area contributed by atoms with E-state index in [0.717, 1.165) is 52.6 Å². The van der Waals surface area contributed by atoms with E-state index < -0.39 is 23.3 Å². The molecule has 2 unspecified atom stereocenters. The maximum Gasteiger partial charge on any atom is 0.273 e. The minimum absolute atomic E-state index is 0.00397. The largest absolute Gasteiger partial charge is 0.381 e. The van der Waals surface area contributed by atoms with E-state index in [0.29, 0.717) is 64.6 Å². The van der Waals surface area contributed by atoms with Crippen LogP contribution in [-0.2, 0) is 40.0 Å². The molecule has 14 nitrogen and oxygen atoms in total. The summed E-state index contributed by atoms with van der Waals surface area (Å²) in [5, 5.41) is 22.6. The maximum atomic E-state index is 13.6. The van der Waals surface area contributed by atoms with Gasteiger partial charge in [0.25, 0.3) is 17.7 Å². The summed E-state index contributed by atoms with van der Waals surface area (Å²) in [5.41, 5.74) is 5.32. The zero-order chi connectivity index (χ0) is 37.9. The van der Waals surface area contributed by atoms with E-state index in [9.17, 15) is 24.3 Å². The van der Waals surface area contributed by atoms with Crippen LogP contribution in [0.2, 0.25) is 0 Å². The molecule has 284 valence electrons. The molecule has 4 aliphatic rings. The number of benzene rings is 2. The highest BCUT2D eigenvalue weighted by molar-refractivity contribution is 6.04. The fourth-order valence-electron chi connectivity index (χ4n) is 8.48. The maximum absolute atomic E-state index is 13.6. The Bertz CT molecular complexity index is 2130. The third kappa shape index (κ3) is 7.69. The minimum atomic E-state index is -1.49. The van der Waals surface area contributed by atoms with Crippen LogP contribution in [-0.4, -0.2) is 79.6 Å². The first kappa shape index (κ1) is 36.4. The van der Waals surface area contributed by atoms with Gasteiger partial charge in [-0.05, 0) is 84.7 Å². The normalized spacial score (nSPS) is 20.2. The Morgan fingerprint density at radius 1 is 0.655 bits per heavy atom. The van der Waals surface area contributed by atoms with Gasteiger partial charge >= 0.3 is 0 Å².